The molecule has 1 heterocycles. The number of aromatic nitrogens is 3. The van der Waals surface area contributed by atoms with Gasteiger partial charge < -0.3 is 15.7 Å². The molecule has 8 nitrogen and oxygen atoms in total. The number of carbonyl (C=O) groups is 2. The predicted molar refractivity (Wildman–Crippen MR) is 74.5 cm³/mol. The number of hydrogen-bond acceptors (Lipinski definition) is 4. The number of amides is 2. The maximum atomic E-state index is 11.7. The Hall–Kier alpha value is -2.12. The van der Waals surface area contributed by atoms with Crippen LogP contribution in [-0.4, -0.2) is 38.6 Å². The second kappa shape index (κ2) is 7.61. The molecule has 0 aliphatic heterocycles. The van der Waals surface area contributed by atoms with E-state index in [2.05, 4.69) is 20.9 Å². The topological polar surface area (TPSA) is 109 Å². The van der Waals surface area contributed by atoms with Crippen LogP contribution in [0.15, 0.2) is 6.20 Å². The third-order valence-corrected chi connectivity index (χ3v) is 3.59. The fourth-order valence-electron chi connectivity index (χ4n) is 2.50. The predicted octanol–water partition coefficient (Wildman–Crippen LogP) is 0.742. The van der Waals surface area contributed by atoms with E-state index in [1.807, 2.05) is 0 Å². The van der Waals surface area contributed by atoms with E-state index >= 15 is 0 Å². The average Bonchev–Trinajstić information content (AvgIpc) is 2.91. The summed E-state index contributed by atoms with van der Waals surface area (Å²) in [6.07, 6.45) is 7.68. The summed E-state index contributed by atoms with van der Waals surface area (Å²) < 4.78 is 1.22. The Morgan fingerprint density at radius 2 is 2.05 bits per heavy atom. The molecule has 1 aromatic rings. The summed E-state index contributed by atoms with van der Waals surface area (Å²) in [7, 11) is 0. The van der Waals surface area contributed by atoms with Crippen LogP contribution in [0.2, 0.25) is 0 Å². The van der Waals surface area contributed by atoms with Crippen molar-refractivity contribution in [2.75, 3.05) is 6.54 Å². The fourth-order valence-corrected chi connectivity index (χ4v) is 2.50. The number of hydrogen-bond donors (Lipinski definition) is 3. The van der Waals surface area contributed by atoms with Crippen molar-refractivity contribution in [2.45, 2.75) is 45.2 Å². The molecule has 0 radical (unpaired) electrons. The van der Waals surface area contributed by atoms with Gasteiger partial charge in [-0.2, -0.15) is 0 Å². The van der Waals surface area contributed by atoms with Gasteiger partial charge in [-0.05, 0) is 18.8 Å². The lowest BCUT2D eigenvalue weighted by Crippen LogP contribution is -2.38. The Labute approximate surface area is 122 Å². The van der Waals surface area contributed by atoms with Crippen LogP contribution in [-0.2, 0) is 17.9 Å². The minimum absolute atomic E-state index is 0.228. The van der Waals surface area contributed by atoms with Crippen molar-refractivity contribution in [3.05, 3.63) is 11.9 Å². The quantitative estimate of drug-likeness (QED) is 0.717. The third kappa shape index (κ3) is 5.41. The smallest absolute Gasteiger partial charge is 0.325 e. The van der Waals surface area contributed by atoms with E-state index in [9.17, 15) is 9.59 Å². The van der Waals surface area contributed by atoms with Gasteiger partial charge >= 0.3 is 12.0 Å². The monoisotopic (exact) mass is 295 g/mol. The first-order valence-corrected chi connectivity index (χ1v) is 7.26. The second-order valence-electron chi connectivity index (χ2n) is 5.37. The molecular formula is C13H21N5O3. The first-order chi connectivity index (χ1) is 10.1. The molecule has 2 amide bonds. The molecular weight excluding hydrogens is 274 g/mol. The van der Waals surface area contributed by atoms with E-state index in [1.54, 1.807) is 0 Å². The molecule has 1 aliphatic carbocycles. The zero-order valence-electron chi connectivity index (χ0n) is 11.9. The Morgan fingerprint density at radius 3 is 2.76 bits per heavy atom. The van der Waals surface area contributed by atoms with E-state index < -0.39 is 5.97 Å². The molecule has 0 unspecified atom stereocenters. The van der Waals surface area contributed by atoms with Crippen LogP contribution in [0.5, 0.6) is 0 Å². The molecule has 0 atom stereocenters. The fraction of sp³-hybridized carbons (Fsp3) is 0.692. The minimum atomic E-state index is -0.982. The summed E-state index contributed by atoms with van der Waals surface area (Å²) in [6.45, 7) is 0.703. The summed E-state index contributed by atoms with van der Waals surface area (Å²) in [5.41, 5.74) is 0.532. The summed E-state index contributed by atoms with van der Waals surface area (Å²) in [6, 6.07) is -0.228. The lowest BCUT2D eigenvalue weighted by Gasteiger charge is -2.21. The minimum Gasteiger partial charge on any atom is -0.480 e. The van der Waals surface area contributed by atoms with Crippen molar-refractivity contribution in [3.8, 4) is 0 Å². The van der Waals surface area contributed by atoms with Gasteiger partial charge in [-0.15, -0.1) is 5.10 Å². The highest BCUT2D eigenvalue weighted by molar-refractivity contribution is 5.73. The zero-order chi connectivity index (χ0) is 15.1. The lowest BCUT2D eigenvalue weighted by molar-refractivity contribution is -0.137. The summed E-state index contributed by atoms with van der Waals surface area (Å²) in [4.78, 5) is 22.2. The van der Waals surface area contributed by atoms with Gasteiger partial charge in [0.05, 0.1) is 12.7 Å². The highest BCUT2D eigenvalue weighted by Gasteiger charge is 2.14. The van der Waals surface area contributed by atoms with Gasteiger partial charge in [0.1, 0.15) is 12.2 Å². The standard InChI is InChI=1S/C13H21N5O3/c19-12(20)9-18-8-11(16-17-18)7-15-13(21)14-6-10-4-2-1-3-5-10/h8,10H,1-7,9H2,(H,19,20)(H2,14,15,21). The maximum Gasteiger partial charge on any atom is 0.325 e. The highest BCUT2D eigenvalue weighted by Crippen LogP contribution is 2.22. The number of carbonyl (C=O) groups excluding carboxylic acids is 1. The number of rotatable bonds is 6. The molecule has 1 fully saturated rings. The highest BCUT2D eigenvalue weighted by atomic mass is 16.4. The summed E-state index contributed by atoms with van der Waals surface area (Å²) in [5, 5.41) is 21.6. The van der Waals surface area contributed by atoms with Crippen LogP contribution >= 0.6 is 0 Å². The molecule has 0 saturated heterocycles. The number of carboxylic acids is 1. The maximum absolute atomic E-state index is 11.7. The number of carboxylic acid groups (broad SMARTS) is 1. The summed E-state index contributed by atoms with van der Waals surface area (Å²) in [5.74, 6) is -0.398. The van der Waals surface area contributed by atoms with Gasteiger partial charge in [-0.3, -0.25) is 4.79 Å². The SMILES string of the molecule is O=C(O)Cn1cc(CNC(=O)NCC2CCCCC2)nn1. The Morgan fingerprint density at radius 1 is 1.29 bits per heavy atom. The van der Waals surface area contributed by atoms with Gasteiger partial charge in [0, 0.05) is 6.54 Å². The van der Waals surface area contributed by atoms with Gasteiger partial charge in [-0.25, -0.2) is 9.48 Å². The van der Waals surface area contributed by atoms with Crippen molar-refractivity contribution in [1.82, 2.24) is 25.6 Å². The first-order valence-electron chi connectivity index (χ1n) is 7.26. The molecule has 1 aromatic heterocycles. The van der Waals surface area contributed by atoms with Crippen molar-refractivity contribution >= 4 is 12.0 Å². The van der Waals surface area contributed by atoms with E-state index in [0.717, 1.165) is 0 Å². The molecule has 0 spiro atoms. The third-order valence-electron chi connectivity index (χ3n) is 3.59. The molecule has 2 rings (SSSR count). The molecule has 0 aromatic carbocycles. The summed E-state index contributed by atoms with van der Waals surface area (Å²) >= 11 is 0. The number of urea groups is 1. The molecule has 0 bridgehead atoms. The van der Waals surface area contributed by atoms with E-state index in [0.29, 0.717) is 18.2 Å². The lowest BCUT2D eigenvalue weighted by atomic mass is 9.89. The van der Waals surface area contributed by atoms with Crippen molar-refractivity contribution < 1.29 is 14.7 Å². The molecule has 21 heavy (non-hydrogen) atoms. The van der Waals surface area contributed by atoms with Crippen LogP contribution < -0.4 is 10.6 Å². The Balaban J connectivity index is 1.66. The molecule has 116 valence electrons. The van der Waals surface area contributed by atoms with Crippen LogP contribution in [0.3, 0.4) is 0 Å². The molecule has 8 heteroatoms. The zero-order valence-corrected chi connectivity index (χ0v) is 11.9. The largest absolute Gasteiger partial charge is 0.480 e. The van der Waals surface area contributed by atoms with Crippen molar-refractivity contribution in [2.24, 2.45) is 5.92 Å². The first kappa shape index (κ1) is 15.3. The number of nitrogens with one attached hydrogen (secondary N) is 2. The number of nitrogens with zero attached hydrogens (tertiary/aromatic N) is 3. The average molecular weight is 295 g/mol. The molecule has 1 aliphatic rings. The van der Waals surface area contributed by atoms with Crippen molar-refractivity contribution in [1.29, 1.82) is 0 Å². The van der Waals surface area contributed by atoms with E-state index in [1.165, 1.54) is 43.0 Å². The van der Waals surface area contributed by atoms with Crippen LogP contribution in [0.4, 0.5) is 4.79 Å². The van der Waals surface area contributed by atoms with Crippen LogP contribution in [0, 0.1) is 5.92 Å². The van der Waals surface area contributed by atoms with Crippen molar-refractivity contribution in [3.63, 3.8) is 0 Å². The van der Waals surface area contributed by atoms with Gasteiger partial charge in [0.25, 0.3) is 0 Å². The van der Waals surface area contributed by atoms with E-state index in [4.69, 9.17) is 5.11 Å². The Bertz CT molecular complexity index is 482. The second-order valence-corrected chi connectivity index (χ2v) is 5.37. The number of aliphatic carboxylic acids is 1. The van der Waals surface area contributed by atoms with Gasteiger partial charge in [-0.1, -0.05) is 24.5 Å². The van der Waals surface area contributed by atoms with E-state index in [-0.39, 0.29) is 19.1 Å². The van der Waals surface area contributed by atoms with Gasteiger partial charge in [0.15, 0.2) is 0 Å². The molecule has 3 N–H and O–H groups in total. The van der Waals surface area contributed by atoms with Gasteiger partial charge in [0.2, 0.25) is 0 Å². The molecule has 1 saturated carbocycles. The normalized spacial score (nSPS) is 15.6. The Kier molecular flexibility index (Phi) is 5.53. The van der Waals surface area contributed by atoms with Crippen LogP contribution in [0.1, 0.15) is 37.8 Å². The van der Waals surface area contributed by atoms with Crippen LogP contribution in [0.25, 0.3) is 0 Å².